The van der Waals surface area contributed by atoms with Gasteiger partial charge in [-0.15, -0.1) is 0 Å². The second-order valence-electron chi connectivity index (χ2n) is 0.500. The van der Waals surface area contributed by atoms with E-state index in [2.05, 4.69) is 0 Å². The van der Waals surface area contributed by atoms with Crippen molar-refractivity contribution in [2.45, 2.75) is 0 Å². The van der Waals surface area contributed by atoms with Crippen molar-refractivity contribution >= 4 is 94.5 Å². The van der Waals surface area contributed by atoms with Crippen LogP contribution in [0.25, 0.3) is 0 Å². The molecule has 0 spiro atoms. The summed E-state index contributed by atoms with van der Waals surface area (Å²) in [6.45, 7) is 0. The number of rotatable bonds is 0. The van der Waals surface area contributed by atoms with Crippen molar-refractivity contribution < 1.29 is 133 Å². The van der Waals surface area contributed by atoms with Crippen LogP contribution in [0.2, 0.25) is 0 Å². The third kappa shape index (κ3) is 168. The number of carbonyl (C=O) groups is 2. The Morgan fingerprint density at radius 2 is 0.692 bits per heavy atom. The summed E-state index contributed by atoms with van der Waals surface area (Å²) in [4.78, 5) is 16.7. The molecule has 0 aromatic carbocycles. The molecule has 52 valence electrons. The molecule has 0 aliphatic carbocycles. The van der Waals surface area contributed by atoms with Gasteiger partial charge >= 0.3 is 185 Å². The molecule has 11 heteroatoms. The van der Waals surface area contributed by atoms with E-state index in [1.807, 2.05) is 0 Å². The van der Waals surface area contributed by atoms with Gasteiger partial charge in [0, 0.05) is 0 Å². The molecule has 0 heterocycles. The van der Waals surface area contributed by atoms with E-state index in [4.69, 9.17) is 30.0 Å². The Kier molecular flexibility index (Phi) is 119. The van der Waals surface area contributed by atoms with E-state index in [0.717, 1.165) is 0 Å². The molecule has 0 saturated carbocycles. The second kappa shape index (κ2) is 36.0. The van der Waals surface area contributed by atoms with Crippen LogP contribution in [0.15, 0.2) is 0 Å². The first-order valence-corrected chi connectivity index (χ1v) is 1.22. The molecule has 0 aliphatic rings. The molecular formula is C2H2K2MgNa2O6. The molecule has 0 aromatic heterocycles. The summed E-state index contributed by atoms with van der Waals surface area (Å²) in [5.41, 5.74) is 0. The van der Waals surface area contributed by atoms with Gasteiger partial charge in [-0.1, -0.05) is 0 Å². The average molecular weight is 271 g/mol. The van der Waals surface area contributed by atoms with Crippen LogP contribution in [0.5, 0.6) is 0 Å². The minimum absolute atomic E-state index is 0. The SMILES string of the molecule is O=C([O-])[O-].O=C([O-])[O-].[K+].[K+].[Mg+2].[NaH].[NaH]. The number of carboxylic acid groups (broad SMARTS) is 4. The third-order valence-corrected chi connectivity index (χ3v) is 0. The van der Waals surface area contributed by atoms with Crippen LogP contribution in [-0.2, 0) is 0 Å². The molecule has 0 atom stereocenters. The quantitative estimate of drug-likeness (QED) is 0.402. The second-order valence-corrected chi connectivity index (χ2v) is 0.500. The molecular weight excluding hydrogens is 268 g/mol. The standard InChI is InChI=1S/2CH2O3.2K.Mg.2Na.2H/c2*2-1(3)4;;;;;;;/h2*(H2,2,3,4);;;;;;;/q;;2*+1;+2;;;;/p-4. The molecule has 0 amide bonds. The maximum atomic E-state index is 8.33. The fourth-order valence-electron chi connectivity index (χ4n) is 0. The van der Waals surface area contributed by atoms with Gasteiger partial charge in [0.15, 0.2) is 0 Å². The minimum atomic E-state index is -2.33. The monoisotopic (exact) mass is 270 g/mol. The van der Waals surface area contributed by atoms with E-state index in [1.54, 1.807) is 0 Å². The molecule has 0 unspecified atom stereocenters. The van der Waals surface area contributed by atoms with Crippen molar-refractivity contribution in [3.05, 3.63) is 0 Å². The normalized spacial score (nSPS) is 3.69. The van der Waals surface area contributed by atoms with Crippen LogP contribution < -0.4 is 123 Å². The van der Waals surface area contributed by atoms with E-state index in [-0.39, 0.29) is 185 Å². The van der Waals surface area contributed by atoms with Gasteiger partial charge in [0.25, 0.3) is 0 Å². The Morgan fingerprint density at radius 3 is 0.692 bits per heavy atom. The molecule has 6 nitrogen and oxygen atoms in total. The summed E-state index contributed by atoms with van der Waals surface area (Å²) < 4.78 is 0. The van der Waals surface area contributed by atoms with Crippen molar-refractivity contribution in [1.82, 2.24) is 0 Å². The Labute approximate surface area is 221 Å². The van der Waals surface area contributed by atoms with E-state index in [1.165, 1.54) is 0 Å². The fourth-order valence-corrected chi connectivity index (χ4v) is 0. The Bertz CT molecular complexity index is 84.6. The molecule has 0 fully saturated rings. The summed E-state index contributed by atoms with van der Waals surface area (Å²) in [6.07, 6.45) is -4.67. The fraction of sp³-hybridized carbons (Fsp3) is 0. The van der Waals surface area contributed by atoms with Crippen LogP contribution in [0, 0.1) is 0 Å². The van der Waals surface area contributed by atoms with Gasteiger partial charge in [-0.3, -0.25) is 0 Å². The van der Waals surface area contributed by atoms with Gasteiger partial charge < -0.3 is 30.0 Å². The summed E-state index contributed by atoms with van der Waals surface area (Å²) in [7, 11) is 0. The van der Waals surface area contributed by atoms with Gasteiger partial charge in [0.2, 0.25) is 0 Å². The Balaban J connectivity index is -0.00000000800. The number of hydrogen-bond donors (Lipinski definition) is 0. The van der Waals surface area contributed by atoms with Gasteiger partial charge in [-0.05, 0) is 12.3 Å². The van der Waals surface area contributed by atoms with Crippen LogP contribution >= 0.6 is 0 Å². The van der Waals surface area contributed by atoms with E-state index < -0.39 is 12.3 Å². The van der Waals surface area contributed by atoms with Crippen molar-refractivity contribution in [3.8, 4) is 0 Å². The van der Waals surface area contributed by atoms with Crippen LogP contribution in [-0.4, -0.2) is 94.5 Å². The first kappa shape index (κ1) is 43.2. The Morgan fingerprint density at radius 1 is 0.692 bits per heavy atom. The van der Waals surface area contributed by atoms with Crippen molar-refractivity contribution in [3.63, 3.8) is 0 Å². The summed E-state index contributed by atoms with van der Waals surface area (Å²) in [5.74, 6) is 0. The predicted molar refractivity (Wildman–Crippen MR) is 30.8 cm³/mol. The molecule has 0 N–H and O–H groups in total. The zero-order chi connectivity index (χ0) is 7.15. The number of hydrogen-bond acceptors (Lipinski definition) is 6. The van der Waals surface area contributed by atoms with Crippen LogP contribution in [0.3, 0.4) is 0 Å². The molecule has 0 aliphatic heterocycles. The Hall–Kier alpha value is 4.58. The molecule has 0 bridgehead atoms. The van der Waals surface area contributed by atoms with E-state index in [0.29, 0.717) is 0 Å². The van der Waals surface area contributed by atoms with Crippen LogP contribution in [0.4, 0.5) is 9.59 Å². The molecule has 0 saturated heterocycles. The predicted octanol–water partition coefficient (Wildman–Crippen LogP) is -12.6. The third-order valence-electron chi connectivity index (χ3n) is 0. The van der Waals surface area contributed by atoms with Crippen LogP contribution in [0.1, 0.15) is 0 Å². The summed E-state index contributed by atoms with van der Waals surface area (Å²) >= 11 is 0. The van der Waals surface area contributed by atoms with E-state index >= 15 is 0 Å². The molecule has 0 rings (SSSR count). The number of carbonyl (C=O) groups excluding carboxylic acids is 2. The van der Waals surface area contributed by atoms with Crippen molar-refractivity contribution in [2.75, 3.05) is 0 Å². The zero-order valence-electron chi connectivity index (χ0n) is 6.16. The van der Waals surface area contributed by atoms with E-state index in [9.17, 15) is 0 Å². The van der Waals surface area contributed by atoms with Gasteiger partial charge in [-0.25, -0.2) is 0 Å². The van der Waals surface area contributed by atoms with Crippen molar-refractivity contribution in [2.24, 2.45) is 0 Å². The van der Waals surface area contributed by atoms with Gasteiger partial charge in [0.1, 0.15) is 0 Å². The first-order chi connectivity index (χ1) is 3.46. The molecule has 0 aromatic rings. The zero-order valence-corrected chi connectivity index (χ0v) is 13.8. The molecule has 0 radical (unpaired) electrons. The summed E-state index contributed by atoms with van der Waals surface area (Å²) in [5, 5.41) is 33.3. The van der Waals surface area contributed by atoms with Gasteiger partial charge in [-0.2, -0.15) is 0 Å². The molecule has 13 heavy (non-hydrogen) atoms. The first-order valence-electron chi connectivity index (χ1n) is 1.22. The topological polar surface area (TPSA) is 126 Å². The summed E-state index contributed by atoms with van der Waals surface area (Å²) in [6, 6.07) is 0. The van der Waals surface area contributed by atoms with Crippen molar-refractivity contribution in [1.29, 1.82) is 0 Å². The maximum absolute atomic E-state index is 8.33. The van der Waals surface area contributed by atoms with Gasteiger partial charge in [0.05, 0.1) is 0 Å². The average Bonchev–Trinajstić information content (AvgIpc) is 1.25.